The van der Waals surface area contributed by atoms with Crippen LogP contribution >= 0.6 is 0 Å². The van der Waals surface area contributed by atoms with Crippen molar-refractivity contribution in [2.24, 2.45) is 0 Å². The summed E-state index contributed by atoms with van der Waals surface area (Å²) in [7, 11) is 5.21. The Hall–Kier alpha value is -3.00. The molecule has 26 heavy (non-hydrogen) atoms. The highest BCUT2D eigenvalue weighted by Gasteiger charge is 2.11. The molecule has 2 rings (SSSR count). The first-order chi connectivity index (χ1) is 12.4. The second kappa shape index (κ2) is 8.91. The maximum absolute atomic E-state index is 12.2. The van der Waals surface area contributed by atoms with E-state index in [1.807, 2.05) is 19.0 Å². The standard InChI is InChI=1S/C18H23N5O3/c1-12-11-15(16(24)19-9-10-23(2)3)22-18(20-12)21-14-7-5-13(6-8-14)17(25)26-4/h5-8,11H,9-10H2,1-4H3,(H,19,24)(H,20,21,22). The molecule has 0 aliphatic heterocycles. The molecule has 0 saturated carbocycles. The number of benzene rings is 1. The largest absolute Gasteiger partial charge is 0.465 e. The summed E-state index contributed by atoms with van der Waals surface area (Å²) in [5.74, 6) is -0.338. The van der Waals surface area contributed by atoms with Crippen molar-refractivity contribution in [2.45, 2.75) is 6.92 Å². The average Bonchev–Trinajstić information content (AvgIpc) is 2.60. The summed E-state index contributed by atoms with van der Waals surface area (Å²) < 4.78 is 4.67. The van der Waals surface area contributed by atoms with Crippen molar-refractivity contribution >= 4 is 23.5 Å². The maximum Gasteiger partial charge on any atom is 0.337 e. The monoisotopic (exact) mass is 357 g/mol. The quantitative estimate of drug-likeness (QED) is 0.727. The van der Waals surface area contributed by atoms with Crippen molar-refractivity contribution < 1.29 is 14.3 Å². The van der Waals surface area contributed by atoms with Crippen LogP contribution in [0.2, 0.25) is 0 Å². The van der Waals surface area contributed by atoms with Crippen LogP contribution in [0.15, 0.2) is 30.3 Å². The van der Waals surface area contributed by atoms with Crippen LogP contribution in [-0.4, -0.2) is 61.0 Å². The first kappa shape index (κ1) is 19.3. The third kappa shape index (κ3) is 5.52. The minimum Gasteiger partial charge on any atom is -0.465 e. The first-order valence-corrected chi connectivity index (χ1v) is 8.13. The lowest BCUT2D eigenvalue weighted by atomic mass is 10.2. The lowest BCUT2D eigenvalue weighted by molar-refractivity contribution is 0.0600. The van der Waals surface area contributed by atoms with Crippen molar-refractivity contribution in [3.63, 3.8) is 0 Å². The number of nitrogens with one attached hydrogen (secondary N) is 2. The van der Waals surface area contributed by atoms with Gasteiger partial charge in [-0.3, -0.25) is 4.79 Å². The number of ether oxygens (including phenoxy) is 1. The van der Waals surface area contributed by atoms with E-state index in [-0.39, 0.29) is 5.91 Å². The van der Waals surface area contributed by atoms with E-state index in [1.54, 1.807) is 37.3 Å². The Bertz CT molecular complexity index is 775. The van der Waals surface area contributed by atoms with Crippen molar-refractivity contribution in [1.29, 1.82) is 0 Å². The molecule has 8 nitrogen and oxygen atoms in total. The maximum atomic E-state index is 12.2. The summed E-state index contributed by atoms with van der Waals surface area (Å²) in [4.78, 5) is 34.2. The SMILES string of the molecule is COC(=O)c1ccc(Nc2nc(C)cc(C(=O)NCCN(C)C)n2)cc1. The number of likely N-dealkylation sites (N-methyl/N-ethyl adjacent to an activating group) is 1. The fraction of sp³-hybridized carbons (Fsp3) is 0.333. The Morgan fingerprint density at radius 2 is 1.85 bits per heavy atom. The van der Waals surface area contributed by atoms with Gasteiger partial charge in [0.2, 0.25) is 5.95 Å². The Kier molecular flexibility index (Phi) is 6.62. The molecule has 0 saturated heterocycles. The van der Waals surface area contributed by atoms with E-state index in [1.165, 1.54) is 7.11 Å². The second-order valence-electron chi connectivity index (χ2n) is 5.97. The van der Waals surface area contributed by atoms with Crippen LogP contribution in [0.1, 0.15) is 26.5 Å². The fourth-order valence-electron chi connectivity index (χ4n) is 2.16. The number of rotatable bonds is 7. The highest BCUT2D eigenvalue weighted by molar-refractivity contribution is 5.92. The van der Waals surface area contributed by atoms with Gasteiger partial charge in [0.15, 0.2) is 0 Å². The molecule has 1 heterocycles. The first-order valence-electron chi connectivity index (χ1n) is 8.13. The summed E-state index contributed by atoms with van der Waals surface area (Å²) in [5, 5.41) is 5.86. The summed E-state index contributed by atoms with van der Waals surface area (Å²) in [5.41, 5.74) is 2.11. The van der Waals surface area contributed by atoms with Crippen molar-refractivity contribution in [3.05, 3.63) is 47.3 Å². The van der Waals surface area contributed by atoms with Gasteiger partial charge >= 0.3 is 5.97 Å². The van der Waals surface area contributed by atoms with E-state index in [0.717, 1.165) is 6.54 Å². The van der Waals surface area contributed by atoms with E-state index in [0.29, 0.717) is 35.1 Å². The van der Waals surface area contributed by atoms with Crippen LogP contribution < -0.4 is 10.6 Å². The third-order valence-electron chi connectivity index (χ3n) is 3.49. The van der Waals surface area contributed by atoms with Gasteiger partial charge in [-0.25, -0.2) is 14.8 Å². The van der Waals surface area contributed by atoms with Gasteiger partial charge in [0, 0.05) is 24.5 Å². The lowest BCUT2D eigenvalue weighted by Gasteiger charge is -2.11. The number of esters is 1. The molecule has 0 bridgehead atoms. The molecule has 1 aromatic heterocycles. The number of hydrogen-bond acceptors (Lipinski definition) is 7. The summed E-state index contributed by atoms with van der Waals surface area (Å²) >= 11 is 0. The molecular weight excluding hydrogens is 334 g/mol. The average molecular weight is 357 g/mol. The Morgan fingerprint density at radius 1 is 1.15 bits per heavy atom. The zero-order valence-corrected chi connectivity index (χ0v) is 15.4. The van der Waals surface area contributed by atoms with Gasteiger partial charge in [0.05, 0.1) is 12.7 Å². The normalized spacial score (nSPS) is 10.5. The molecule has 1 amide bonds. The molecular formula is C18H23N5O3. The highest BCUT2D eigenvalue weighted by Crippen LogP contribution is 2.15. The van der Waals surface area contributed by atoms with E-state index in [4.69, 9.17) is 0 Å². The minimum absolute atomic E-state index is 0.249. The number of hydrogen-bond donors (Lipinski definition) is 2. The van der Waals surface area contributed by atoms with Gasteiger partial charge < -0.3 is 20.3 Å². The summed E-state index contributed by atoms with van der Waals surface area (Å²) in [6, 6.07) is 8.34. The van der Waals surface area contributed by atoms with Gasteiger partial charge in [0.25, 0.3) is 5.91 Å². The molecule has 0 atom stereocenters. The molecule has 1 aromatic carbocycles. The van der Waals surface area contributed by atoms with Crippen molar-refractivity contribution in [2.75, 3.05) is 39.6 Å². The molecule has 0 aliphatic rings. The van der Waals surface area contributed by atoms with Crippen molar-refractivity contribution in [1.82, 2.24) is 20.2 Å². The molecule has 2 aromatic rings. The van der Waals surface area contributed by atoms with Gasteiger partial charge in [-0.05, 0) is 51.4 Å². The van der Waals surface area contributed by atoms with Crippen LogP contribution in [0, 0.1) is 6.92 Å². The highest BCUT2D eigenvalue weighted by atomic mass is 16.5. The van der Waals surface area contributed by atoms with Crippen LogP contribution in [0.5, 0.6) is 0 Å². The number of methoxy groups -OCH3 is 1. The molecule has 0 radical (unpaired) electrons. The zero-order valence-electron chi connectivity index (χ0n) is 15.4. The van der Waals surface area contributed by atoms with Crippen LogP contribution in [0.25, 0.3) is 0 Å². The topological polar surface area (TPSA) is 96.4 Å². The predicted octanol–water partition coefficient (Wildman–Crippen LogP) is 1.61. The number of aromatic nitrogens is 2. The minimum atomic E-state index is -0.403. The summed E-state index contributed by atoms with van der Waals surface area (Å²) in [6.07, 6.45) is 0. The Balaban J connectivity index is 2.09. The molecule has 0 unspecified atom stereocenters. The Morgan fingerprint density at radius 3 is 2.46 bits per heavy atom. The number of aryl methyl sites for hydroxylation is 1. The van der Waals surface area contributed by atoms with Crippen LogP contribution in [-0.2, 0) is 4.74 Å². The molecule has 2 N–H and O–H groups in total. The second-order valence-corrected chi connectivity index (χ2v) is 5.97. The van der Waals surface area contributed by atoms with Crippen LogP contribution in [0.4, 0.5) is 11.6 Å². The van der Waals surface area contributed by atoms with Gasteiger partial charge in [-0.2, -0.15) is 0 Å². The zero-order chi connectivity index (χ0) is 19.1. The van der Waals surface area contributed by atoms with E-state index in [2.05, 4.69) is 25.3 Å². The van der Waals surface area contributed by atoms with Crippen molar-refractivity contribution in [3.8, 4) is 0 Å². The number of carbonyl (C=O) groups excluding carboxylic acids is 2. The van der Waals surface area contributed by atoms with E-state index >= 15 is 0 Å². The molecule has 138 valence electrons. The summed E-state index contributed by atoms with van der Waals surface area (Å²) in [6.45, 7) is 3.07. The molecule has 8 heteroatoms. The smallest absolute Gasteiger partial charge is 0.337 e. The third-order valence-corrected chi connectivity index (χ3v) is 3.49. The van der Waals surface area contributed by atoms with E-state index in [9.17, 15) is 9.59 Å². The number of carbonyl (C=O) groups is 2. The number of amides is 1. The fourth-order valence-corrected chi connectivity index (χ4v) is 2.16. The predicted molar refractivity (Wildman–Crippen MR) is 98.7 cm³/mol. The van der Waals surface area contributed by atoms with Gasteiger partial charge in [-0.1, -0.05) is 0 Å². The molecule has 0 fully saturated rings. The molecule has 0 aliphatic carbocycles. The lowest BCUT2D eigenvalue weighted by Crippen LogP contribution is -2.32. The van der Waals surface area contributed by atoms with E-state index < -0.39 is 5.97 Å². The number of anilines is 2. The van der Waals surface area contributed by atoms with Gasteiger partial charge in [-0.15, -0.1) is 0 Å². The van der Waals surface area contributed by atoms with Crippen LogP contribution in [0.3, 0.4) is 0 Å². The number of nitrogens with zero attached hydrogens (tertiary/aromatic N) is 3. The Labute approximate surface area is 152 Å². The van der Waals surface area contributed by atoms with Gasteiger partial charge in [0.1, 0.15) is 5.69 Å². The molecule has 0 spiro atoms.